The molecule has 8 bridgehead atoms. The number of aromatic amines is 2. The van der Waals surface area contributed by atoms with Crippen LogP contribution >= 0.6 is 0 Å². The SMILES string of the molecule is CCC1=C(C)C2C=C3N=C(C=c4[nH]c(c(C)c4CCC(=O)OC)=Cc4[nH]c(c(C)c4CC)CC1N2)C(CCC(=O)OC)=C3C. The lowest BCUT2D eigenvalue weighted by atomic mass is 9.96. The number of aliphatic imine (C=N–C) groups is 1. The van der Waals surface area contributed by atoms with Crippen LogP contribution in [0.5, 0.6) is 0 Å². The van der Waals surface area contributed by atoms with Crippen molar-refractivity contribution < 1.29 is 19.1 Å². The first-order valence-electron chi connectivity index (χ1n) is 15.8. The summed E-state index contributed by atoms with van der Waals surface area (Å²) >= 11 is 0. The molecule has 0 aliphatic carbocycles. The van der Waals surface area contributed by atoms with E-state index < -0.39 is 0 Å². The molecule has 2 aromatic heterocycles. The van der Waals surface area contributed by atoms with Gasteiger partial charge in [-0.3, -0.25) is 14.9 Å². The van der Waals surface area contributed by atoms with Crippen LogP contribution in [0, 0.1) is 13.8 Å². The van der Waals surface area contributed by atoms with E-state index in [1.807, 2.05) is 0 Å². The summed E-state index contributed by atoms with van der Waals surface area (Å²) in [5, 5.41) is 5.83. The largest absolute Gasteiger partial charge is 0.469 e. The minimum Gasteiger partial charge on any atom is -0.469 e. The molecule has 3 aliphatic rings. The maximum absolute atomic E-state index is 12.2. The summed E-state index contributed by atoms with van der Waals surface area (Å²) in [4.78, 5) is 37.0. The van der Waals surface area contributed by atoms with Gasteiger partial charge in [0.2, 0.25) is 0 Å². The molecule has 0 saturated carbocycles. The number of carbonyl (C=O) groups is 2. The Morgan fingerprint density at radius 2 is 1.59 bits per heavy atom. The fourth-order valence-electron chi connectivity index (χ4n) is 7.09. The summed E-state index contributed by atoms with van der Waals surface area (Å²) in [5.41, 5.74) is 13.8. The van der Waals surface area contributed by atoms with Gasteiger partial charge in [-0.1, -0.05) is 25.0 Å². The molecule has 3 aliphatic heterocycles. The molecule has 44 heavy (non-hydrogen) atoms. The highest BCUT2D eigenvalue weighted by Crippen LogP contribution is 2.34. The minimum atomic E-state index is -0.245. The van der Waals surface area contributed by atoms with Crippen molar-refractivity contribution in [2.45, 2.75) is 98.6 Å². The van der Waals surface area contributed by atoms with E-state index in [0.717, 1.165) is 69.3 Å². The van der Waals surface area contributed by atoms with Gasteiger partial charge >= 0.3 is 11.9 Å². The Labute approximate surface area is 260 Å². The molecule has 0 saturated heterocycles. The third-order valence-corrected chi connectivity index (χ3v) is 9.78. The van der Waals surface area contributed by atoms with Crippen molar-refractivity contribution in [2.24, 2.45) is 4.99 Å². The maximum Gasteiger partial charge on any atom is 0.305 e. The Bertz CT molecular complexity index is 1740. The van der Waals surface area contributed by atoms with Gasteiger partial charge in [0.05, 0.1) is 25.6 Å². The molecule has 0 aromatic carbocycles. The molecule has 2 atom stereocenters. The Balaban J connectivity index is 1.76. The van der Waals surface area contributed by atoms with Gasteiger partial charge in [-0.25, -0.2) is 4.99 Å². The van der Waals surface area contributed by atoms with Crippen molar-refractivity contribution in [1.29, 1.82) is 0 Å². The van der Waals surface area contributed by atoms with E-state index in [1.165, 1.54) is 42.2 Å². The lowest BCUT2D eigenvalue weighted by Gasteiger charge is -2.16. The quantitative estimate of drug-likeness (QED) is 0.307. The van der Waals surface area contributed by atoms with Gasteiger partial charge in [-0.2, -0.15) is 0 Å². The number of allylic oxidation sites excluding steroid dienone is 2. The second-order valence-corrected chi connectivity index (χ2v) is 12.1. The Hall–Kier alpha value is -3.91. The number of fused-ring (bicyclic) bond motifs is 7. The van der Waals surface area contributed by atoms with Gasteiger partial charge < -0.3 is 19.4 Å². The number of rotatable bonds is 8. The normalized spacial score (nSPS) is 19.5. The number of hydrogen-bond donors (Lipinski definition) is 3. The van der Waals surface area contributed by atoms with Gasteiger partial charge in [0.15, 0.2) is 0 Å². The molecule has 0 radical (unpaired) electrons. The monoisotopic (exact) mass is 598 g/mol. The van der Waals surface area contributed by atoms with E-state index in [0.29, 0.717) is 12.8 Å². The van der Waals surface area contributed by atoms with Gasteiger partial charge in [-0.15, -0.1) is 0 Å². The average Bonchev–Trinajstić information content (AvgIpc) is 3.67. The second-order valence-electron chi connectivity index (χ2n) is 12.1. The van der Waals surface area contributed by atoms with Crippen LogP contribution in [0.3, 0.4) is 0 Å². The van der Waals surface area contributed by atoms with Gasteiger partial charge in [0.1, 0.15) is 0 Å². The topological polar surface area (TPSA) is 109 Å². The van der Waals surface area contributed by atoms with Crippen molar-refractivity contribution in [3.05, 3.63) is 78.4 Å². The molecule has 5 heterocycles. The number of hydrogen-bond acceptors (Lipinski definition) is 6. The molecular weight excluding hydrogens is 552 g/mol. The highest BCUT2D eigenvalue weighted by molar-refractivity contribution is 6.23. The van der Waals surface area contributed by atoms with Crippen molar-refractivity contribution in [3.8, 4) is 0 Å². The number of methoxy groups -OCH3 is 2. The lowest BCUT2D eigenvalue weighted by molar-refractivity contribution is -0.141. The summed E-state index contributed by atoms with van der Waals surface area (Å²) in [6.45, 7) is 13.1. The van der Waals surface area contributed by atoms with Crippen LogP contribution in [0.15, 0.2) is 39.1 Å². The van der Waals surface area contributed by atoms with Crippen LogP contribution in [-0.2, 0) is 38.3 Å². The van der Waals surface area contributed by atoms with E-state index in [2.05, 4.69) is 75.1 Å². The third kappa shape index (κ3) is 5.92. The number of ether oxygens (including phenoxy) is 2. The summed E-state index contributed by atoms with van der Waals surface area (Å²) in [6.07, 6.45) is 11.0. The molecule has 8 heteroatoms. The molecule has 0 spiro atoms. The maximum atomic E-state index is 12.2. The third-order valence-electron chi connectivity index (χ3n) is 9.78. The average molecular weight is 599 g/mol. The molecule has 2 unspecified atom stereocenters. The molecule has 3 N–H and O–H groups in total. The van der Waals surface area contributed by atoms with E-state index in [9.17, 15) is 9.59 Å². The highest BCUT2D eigenvalue weighted by Gasteiger charge is 2.31. The molecular formula is C36H46N4O4. The molecule has 234 valence electrons. The fraction of sp³-hybridized carbons (Fsp3) is 0.472. The number of nitrogens with zero attached hydrogens (tertiary/aromatic N) is 1. The van der Waals surface area contributed by atoms with Crippen LogP contribution in [0.4, 0.5) is 0 Å². The van der Waals surface area contributed by atoms with E-state index in [4.69, 9.17) is 14.5 Å². The summed E-state index contributed by atoms with van der Waals surface area (Å²) < 4.78 is 9.94. The van der Waals surface area contributed by atoms with Crippen molar-refractivity contribution in [2.75, 3.05) is 14.2 Å². The predicted molar refractivity (Wildman–Crippen MR) is 175 cm³/mol. The number of nitrogens with one attached hydrogen (secondary N) is 3. The number of carbonyl (C=O) groups excluding carboxylic acids is 2. The van der Waals surface area contributed by atoms with Crippen molar-refractivity contribution >= 4 is 29.8 Å². The van der Waals surface area contributed by atoms with E-state index in [1.54, 1.807) is 0 Å². The zero-order valence-corrected chi connectivity index (χ0v) is 27.4. The minimum absolute atomic E-state index is 0.0691. The van der Waals surface area contributed by atoms with Gasteiger partial charge in [0.25, 0.3) is 0 Å². The Morgan fingerprint density at radius 3 is 2.25 bits per heavy atom. The zero-order chi connectivity index (χ0) is 31.7. The number of aromatic nitrogens is 2. The fourth-order valence-corrected chi connectivity index (χ4v) is 7.09. The van der Waals surface area contributed by atoms with Crippen LogP contribution in [0.2, 0.25) is 0 Å². The van der Waals surface area contributed by atoms with Crippen molar-refractivity contribution in [1.82, 2.24) is 15.3 Å². The molecule has 5 rings (SSSR count). The molecule has 2 aromatic rings. The summed E-state index contributed by atoms with van der Waals surface area (Å²) in [7, 11) is 2.85. The van der Waals surface area contributed by atoms with Gasteiger partial charge in [-0.05, 0) is 105 Å². The molecule has 8 nitrogen and oxygen atoms in total. The number of H-pyrrole nitrogens is 2. The number of esters is 2. The van der Waals surface area contributed by atoms with Gasteiger partial charge in [0, 0.05) is 53.4 Å². The lowest BCUT2D eigenvalue weighted by Crippen LogP contribution is -2.33. The van der Waals surface area contributed by atoms with Crippen LogP contribution in [0.1, 0.15) is 87.0 Å². The van der Waals surface area contributed by atoms with Crippen molar-refractivity contribution in [3.63, 3.8) is 0 Å². The first-order valence-corrected chi connectivity index (χ1v) is 15.8. The first kappa shape index (κ1) is 31.5. The zero-order valence-electron chi connectivity index (χ0n) is 27.4. The first-order chi connectivity index (χ1) is 21.1. The summed E-state index contributed by atoms with van der Waals surface area (Å²) in [6, 6.07) is 0.299. The van der Waals surface area contributed by atoms with E-state index in [-0.39, 0.29) is 36.9 Å². The highest BCUT2D eigenvalue weighted by atomic mass is 16.5. The summed E-state index contributed by atoms with van der Waals surface area (Å²) in [5.74, 6) is -0.487. The predicted octanol–water partition coefficient (Wildman–Crippen LogP) is 4.47. The smallest absolute Gasteiger partial charge is 0.305 e. The second kappa shape index (κ2) is 13.0. The van der Waals surface area contributed by atoms with Crippen LogP contribution in [0.25, 0.3) is 12.2 Å². The molecule has 0 amide bonds. The Kier molecular flexibility index (Phi) is 9.30. The Morgan fingerprint density at radius 1 is 0.886 bits per heavy atom. The molecule has 0 fully saturated rings. The van der Waals surface area contributed by atoms with Crippen LogP contribution < -0.4 is 16.0 Å². The van der Waals surface area contributed by atoms with E-state index >= 15 is 0 Å². The standard InChI is InChI=1S/C36H46N4O4/c1-9-23-19(3)27-15-28-21(5)25(11-13-35(41)43-7)33(39-28)18-34-26(12-14-36(42)44-8)22(6)30(40-34)17-32-24(10-2)20(4)29(38-32)16-31(23)37-27/h15,17-18,27,31,37-38,40H,9-14,16H2,1-8H3. The van der Waals surface area contributed by atoms with Crippen LogP contribution in [-0.4, -0.2) is 53.9 Å².